The highest BCUT2D eigenvalue weighted by molar-refractivity contribution is 6.09. The van der Waals surface area contributed by atoms with E-state index >= 15 is 0 Å². The van der Waals surface area contributed by atoms with Crippen LogP contribution in [0.15, 0.2) is 42.5 Å². The van der Waals surface area contributed by atoms with E-state index in [-0.39, 0.29) is 5.56 Å². The van der Waals surface area contributed by atoms with E-state index in [2.05, 4.69) is 0 Å². The van der Waals surface area contributed by atoms with Crippen LogP contribution in [0.3, 0.4) is 0 Å². The lowest BCUT2D eigenvalue weighted by Crippen LogP contribution is -2.07. The Bertz CT molecular complexity index is 676. The van der Waals surface area contributed by atoms with Gasteiger partial charge in [-0.1, -0.05) is 12.1 Å². The molecule has 0 saturated carbocycles. The monoisotopic (exact) mass is 310 g/mol. The van der Waals surface area contributed by atoms with Gasteiger partial charge in [-0.3, -0.25) is 4.79 Å². The Balaban J connectivity index is 2.32. The quantitative estimate of drug-likeness (QED) is 0.802. The van der Waals surface area contributed by atoms with Gasteiger partial charge < -0.3 is 9.47 Å². The van der Waals surface area contributed by atoms with Gasteiger partial charge in [0, 0.05) is 11.1 Å². The van der Waals surface area contributed by atoms with Crippen LogP contribution in [0, 0.1) is 0 Å². The van der Waals surface area contributed by atoms with Crippen molar-refractivity contribution in [1.82, 2.24) is 0 Å². The van der Waals surface area contributed by atoms with Crippen LogP contribution in [-0.4, -0.2) is 20.0 Å². The molecule has 22 heavy (non-hydrogen) atoms. The molecule has 0 aromatic heterocycles. The van der Waals surface area contributed by atoms with E-state index in [9.17, 15) is 18.0 Å². The molecule has 0 saturated heterocycles. The number of methoxy groups -OCH3 is 2. The molecule has 0 bridgehead atoms. The van der Waals surface area contributed by atoms with Crippen molar-refractivity contribution in [1.29, 1.82) is 0 Å². The molecule has 2 aromatic rings. The molecule has 0 atom stereocenters. The fourth-order valence-corrected chi connectivity index (χ4v) is 1.95. The Kier molecular flexibility index (Phi) is 4.40. The van der Waals surface area contributed by atoms with E-state index in [1.807, 2.05) is 0 Å². The number of rotatable bonds is 4. The predicted molar refractivity (Wildman–Crippen MR) is 74.4 cm³/mol. The third-order valence-corrected chi connectivity index (χ3v) is 3.12. The van der Waals surface area contributed by atoms with Crippen LogP contribution in [0.1, 0.15) is 21.5 Å². The molecule has 0 amide bonds. The Labute approximate surface area is 125 Å². The summed E-state index contributed by atoms with van der Waals surface area (Å²) in [6, 6.07) is 8.65. The molecule has 0 aliphatic carbocycles. The molecule has 0 aliphatic heterocycles. The Morgan fingerprint density at radius 1 is 0.864 bits per heavy atom. The molecule has 0 aliphatic rings. The van der Waals surface area contributed by atoms with Gasteiger partial charge in [0.1, 0.15) is 0 Å². The SMILES string of the molecule is COc1ccc(C(=O)c2ccc(C(F)(F)F)cc2)cc1OC. The molecule has 0 heterocycles. The lowest BCUT2D eigenvalue weighted by molar-refractivity contribution is -0.137. The van der Waals surface area contributed by atoms with Crippen LogP contribution in [0.2, 0.25) is 0 Å². The van der Waals surface area contributed by atoms with E-state index in [1.54, 1.807) is 6.07 Å². The first-order valence-corrected chi connectivity index (χ1v) is 6.31. The molecule has 116 valence electrons. The van der Waals surface area contributed by atoms with E-state index in [1.165, 1.54) is 26.4 Å². The third-order valence-electron chi connectivity index (χ3n) is 3.12. The lowest BCUT2D eigenvalue weighted by Gasteiger charge is -2.10. The van der Waals surface area contributed by atoms with E-state index in [4.69, 9.17) is 9.47 Å². The van der Waals surface area contributed by atoms with Crippen molar-refractivity contribution in [3.63, 3.8) is 0 Å². The van der Waals surface area contributed by atoms with Gasteiger partial charge in [0.2, 0.25) is 0 Å². The molecule has 3 nitrogen and oxygen atoms in total. The maximum absolute atomic E-state index is 12.5. The molecule has 0 spiro atoms. The number of hydrogen-bond acceptors (Lipinski definition) is 3. The van der Waals surface area contributed by atoms with Gasteiger partial charge in [0.25, 0.3) is 0 Å². The van der Waals surface area contributed by atoms with Gasteiger partial charge >= 0.3 is 6.18 Å². The third kappa shape index (κ3) is 3.21. The Hall–Kier alpha value is -2.50. The average Bonchev–Trinajstić information content (AvgIpc) is 2.52. The molecule has 2 aromatic carbocycles. The topological polar surface area (TPSA) is 35.5 Å². The summed E-state index contributed by atoms with van der Waals surface area (Å²) in [5.74, 6) is 0.446. The van der Waals surface area contributed by atoms with Crippen molar-refractivity contribution in [2.45, 2.75) is 6.18 Å². The maximum atomic E-state index is 12.5. The molecule has 0 fully saturated rings. The van der Waals surface area contributed by atoms with Crippen LogP contribution in [0.5, 0.6) is 11.5 Å². The van der Waals surface area contributed by atoms with E-state index in [0.717, 1.165) is 24.3 Å². The summed E-state index contributed by atoms with van der Waals surface area (Å²) in [7, 11) is 2.90. The summed E-state index contributed by atoms with van der Waals surface area (Å²) >= 11 is 0. The van der Waals surface area contributed by atoms with Crippen LogP contribution in [0.25, 0.3) is 0 Å². The highest BCUT2D eigenvalue weighted by Crippen LogP contribution is 2.31. The first kappa shape index (κ1) is 15.9. The summed E-state index contributed by atoms with van der Waals surface area (Å²) in [6.45, 7) is 0. The average molecular weight is 310 g/mol. The minimum absolute atomic E-state index is 0.167. The number of benzene rings is 2. The van der Waals surface area contributed by atoms with E-state index in [0.29, 0.717) is 17.1 Å². The van der Waals surface area contributed by atoms with Gasteiger partial charge in [-0.15, -0.1) is 0 Å². The number of halogens is 3. The number of carbonyl (C=O) groups is 1. The summed E-state index contributed by atoms with van der Waals surface area (Å²) < 4.78 is 47.7. The second-order valence-electron chi connectivity index (χ2n) is 4.47. The van der Waals surface area contributed by atoms with Crippen LogP contribution in [-0.2, 0) is 6.18 Å². The van der Waals surface area contributed by atoms with Crippen molar-refractivity contribution in [2.75, 3.05) is 14.2 Å². The fourth-order valence-electron chi connectivity index (χ4n) is 1.95. The van der Waals surface area contributed by atoms with E-state index < -0.39 is 17.5 Å². The summed E-state index contributed by atoms with van der Waals surface area (Å²) in [5, 5.41) is 0. The number of ketones is 1. The summed E-state index contributed by atoms with van der Waals surface area (Å²) in [4.78, 5) is 12.3. The summed E-state index contributed by atoms with van der Waals surface area (Å²) in [6.07, 6.45) is -4.43. The Morgan fingerprint density at radius 2 is 1.41 bits per heavy atom. The number of hydrogen-bond donors (Lipinski definition) is 0. The molecule has 6 heteroatoms. The van der Waals surface area contributed by atoms with Gasteiger partial charge in [-0.2, -0.15) is 13.2 Å². The molecule has 0 radical (unpaired) electrons. The minimum Gasteiger partial charge on any atom is -0.493 e. The standard InChI is InChI=1S/C16H13F3O3/c1-21-13-8-5-11(9-14(13)22-2)15(20)10-3-6-12(7-4-10)16(17,18)19/h3-9H,1-2H3. The van der Waals surface area contributed by atoms with Crippen LogP contribution in [0.4, 0.5) is 13.2 Å². The van der Waals surface area contributed by atoms with Crippen molar-refractivity contribution in [3.8, 4) is 11.5 Å². The smallest absolute Gasteiger partial charge is 0.416 e. The lowest BCUT2D eigenvalue weighted by atomic mass is 10.0. The van der Waals surface area contributed by atoms with Crippen LogP contribution < -0.4 is 9.47 Å². The first-order valence-electron chi connectivity index (χ1n) is 6.31. The Morgan fingerprint density at radius 3 is 1.91 bits per heavy atom. The fraction of sp³-hybridized carbons (Fsp3) is 0.188. The second-order valence-corrected chi connectivity index (χ2v) is 4.47. The zero-order valence-electron chi connectivity index (χ0n) is 11.9. The number of carbonyl (C=O) groups excluding carboxylic acids is 1. The van der Waals surface area contributed by atoms with Gasteiger partial charge in [0.15, 0.2) is 17.3 Å². The first-order chi connectivity index (χ1) is 10.4. The number of alkyl halides is 3. The van der Waals surface area contributed by atoms with Gasteiger partial charge in [-0.05, 0) is 30.3 Å². The molecular weight excluding hydrogens is 297 g/mol. The molecular formula is C16H13F3O3. The number of ether oxygens (including phenoxy) is 2. The highest BCUT2D eigenvalue weighted by Gasteiger charge is 2.30. The maximum Gasteiger partial charge on any atom is 0.416 e. The van der Waals surface area contributed by atoms with Crippen molar-refractivity contribution in [3.05, 3.63) is 59.2 Å². The minimum atomic E-state index is -4.43. The van der Waals surface area contributed by atoms with Crippen molar-refractivity contribution in [2.24, 2.45) is 0 Å². The second kappa shape index (κ2) is 6.09. The zero-order chi connectivity index (χ0) is 16.3. The van der Waals surface area contributed by atoms with Crippen molar-refractivity contribution < 1.29 is 27.4 Å². The predicted octanol–water partition coefficient (Wildman–Crippen LogP) is 3.95. The molecule has 0 unspecified atom stereocenters. The van der Waals surface area contributed by atoms with Crippen molar-refractivity contribution >= 4 is 5.78 Å². The zero-order valence-corrected chi connectivity index (χ0v) is 11.9. The highest BCUT2D eigenvalue weighted by atomic mass is 19.4. The largest absolute Gasteiger partial charge is 0.493 e. The van der Waals surface area contributed by atoms with Gasteiger partial charge in [-0.25, -0.2) is 0 Å². The molecule has 0 N–H and O–H groups in total. The van der Waals surface area contributed by atoms with Crippen LogP contribution >= 0.6 is 0 Å². The normalized spacial score (nSPS) is 11.1. The summed E-state index contributed by atoms with van der Waals surface area (Å²) in [5.41, 5.74) is -0.325. The van der Waals surface area contributed by atoms with Gasteiger partial charge in [0.05, 0.1) is 19.8 Å². The molecule has 2 rings (SSSR count).